The normalized spacial score (nSPS) is 21.3. The van der Waals surface area contributed by atoms with Crippen molar-refractivity contribution in [1.29, 1.82) is 0 Å². The Labute approximate surface area is 227 Å². The minimum absolute atomic E-state index is 0.0688. The van der Waals surface area contributed by atoms with Gasteiger partial charge in [0.2, 0.25) is 11.8 Å². The molecule has 204 valence electrons. The average Bonchev–Trinajstić information content (AvgIpc) is 3.34. The molecule has 2 N–H and O–H groups in total. The second-order valence-corrected chi connectivity index (χ2v) is 10.9. The molecule has 0 atom stereocenters. The first-order valence-electron chi connectivity index (χ1n) is 13.5. The molecular formula is C29H35N7O3. The van der Waals surface area contributed by atoms with Crippen LogP contribution in [0.5, 0.6) is 5.88 Å². The molecule has 0 spiro atoms. The fraction of sp³-hybridized carbons (Fsp3) is 0.448. The van der Waals surface area contributed by atoms with E-state index in [-0.39, 0.29) is 5.54 Å². The molecule has 2 bridgehead atoms. The van der Waals surface area contributed by atoms with E-state index < -0.39 is 5.97 Å². The number of pyridine rings is 1. The highest BCUT2D eigenvalue weighted by Crippen LogP contribution is 2.44. The lowest BCUT2D eigenvalue weighted by Gasteiger charge is -2.39. The van der Waals surface area contributed by atoms with Crippen LogP contribution in [0.15, 0.2) is 42.6 Å². The molecule has 0 amide bonds. The van der Waals surface area contributed by atoms with Gasteiger partial charge in [0.1, 0.15) is 6.61 Å². The summed E-state index contributed by atoms with van der Waals surface area (Å²) >= 11 is 0. The number of hydrogen-bond donors (Lipinski definition) is 1. The van der Waals surface area contributed by atoms with E-state index in [1.54, 1.807) is 23.0 Å². The maximum Gasteiger partial charge on any atom is 0.337 e. The lowest BCUT2D eigenvalue weighted by atomic mass is 9.78. The number of aromatic nitrogens is 5. The maximum atomic E-state index is 12.2. The summed E-state index contributed by atoms with van der Waals surface area (Å²) < 4.78 is 15.3. The smallest absolute Gasteiger partial charge is 0.337 e. The van der Waals surface area contributed by atoms with Gasteiger partial charge < -0.3 is 19.8 Å². The summed E-state index contributed by atoms with van der Waals surface area (Å²) in [4.78, 5) is 24.0. The second-order valence-electron chi connectivity index (χ2n) is 10.9. The fourth-order valence-corrected chi connectivity index (χ4v) is 6.50. The van der Waals surface area contributed by atoms with E-state index in [2.05, 4.69) is 36.7 Å². The van der Waals surface area contributed by atoms with Gasteiger partial charge >= 0.3 is 5.97 Å². The molecule has 10 heteroatoms. The number of carbonyl (C=O) groups excluding carboxylic acids is 1. The van der Waals surface area contributed by atoms with Crippen LogP contribution >= 0.6 is 0 Å². The van der Waals surface area contributed by atoms with Crippen molar-refractivity contribution in [2.45, 2.75) is 38.1 Å². The Morgan fingerprint density at radius 2 is 1.97 bits per heavy atom. The van der Waals surface area contributed by atoms with Crippen molar-refractivity contribution in [1.82, 2.24) is 29.2 Å². The number of rotatable bonds is 7. The van der Waals surface area contributed by atoms with Crippen molar-refractivity contribution in [2.75, 3.05) is 39.1 Å². The van der Waals surface area contributed by atoms with Crippen LogP contribution in [-0.2, 0) is 17.3 Å². The Kier molecular flexibility index (Phi) is 6.50. The SMILES string of the molecule is COC(=O)c1cc(C)nc(-c2cnn(C)c2OCCN2CC3CCC(n4c(N)nc5ccccc54)(CC3)C2)c1. The van der Waals surface area contributed by atoms with Crippen molar-refractivity contribution in [3.63, 3.8) is 0 Å². The van der Waals surface area contributed by atoms with Gasteiger partial charge in [0.25, 0.3) is 0 Å². The number of nitrogen functional groups attached to an aromatic ring is 1. The van der Waals surface area contributed by atoms with Crippen molar-refractivity contribution < 1.29 is 14.3 Å². The van der Waals surface area contributed by atoms with Crippen LogP contribution in [0.1, 0.15) is 41.7 Å². The number of methoxy groups -OCH3 is 1. The fourth-order valence-electron chi connectivity index (χ4n) is 6.50. The predicted octanol–water partition coefficient (Wildman–Crippen LogP) is 3.79. The van der Waals surface area contributed by atoms with Crippen LogP contribution in [0.3, 0.4) is 0 Å². The third kappa shape index (κ3) is 4.63. The Balaban J connectivity index is 1.21. The first-order chi connectivity index (χ1) is 18.9. The van der Waals surface area contributed by atoms with Crippen molar-refractivity contribution in [3.8, 4) is 17.1 Å². The summed E-state index contributed by atoms with van der Waals surface area (Å²) in [5, 5.41) is 4.41. The number of anilines is 1. The summed E-state index contributed by atoms with van der Waals surface area (Å²) in [6.45, 7) is 5.11. The highest BCUT2D eigenvalue weighted by molar-refractivity contribution is 5.90. The Morgan fingerprint density at radius 3 is 2.77 bits per heavy atom. The topological polar surface area (TPSA) is 113 Å². The first kappa shape index (κ1) is 25.4. The number of benzene rings is 1. The van der Waals surface area contributed by atoms with Gasteiger partial charge in [0.15, 0.2) is 0 Å². The monoisotopic (exact) mass is 529 g/mol. The summed E-state index contributed by atoms with van der Waals surface area (Å²) in [6.07, 6.45) is 6.32. The van der Waals surface area contributed by atoms with E-state index in [1.807, 2.05) is 26.1 Å². The number of imidazole rings is 1. The molecule has 3 fully saturated rings. The van der Waals surface area contributed by atoms with Gasteiger partial charge in [0, 0.05) is 32.4 Å². The molecule has 2 aliphatic heterocycles. The van der Waals surface area contributed by atoms with Gasteiger partial charge in [0.05, 0.1) is 46.7 Å². The molecule has 0 radical (unpaired) electrons. The van der Waals surface area contributed by atoms with Crippen LogP contribution in [0.25, 0.3) is 22.3 Å². The number of carbonyl (C=O) groups is 1. The molecule has 3 aromatic heterocycles. The lowest BCUT2D eigenvalue weighted by Crippen LogP contribution is -2.44. The largest absolute Gasteiger partial charge is 0.476 e. The molecule has 1 saturated carbocycles. The average molecular weight is 530 g/mol. The molecule has 39 heavy (non-hydrogen) atoms. The zero-order chi connectivity index (χ0) is 27.1. The van der Waals surface area contributed by atoms with Gasteiger partial charge in [-0.2, -0.15) is 5.10 Å². The Hall–Kier alpha value is -3.92. The molecule has 7 rings (SSSR count). The van der Waals surface area contributed by atoms with Gasteiger partial charge in [-0.1, -0.05) is 12.1 Å². The molecule has 5 heterocycles. The number of ether oxygens (including phenoxy) is 2. The zero-order valence-corrected chi connectivity index (χ0v) is 22.8. The molecule has 0 unspecified atom stereocenters. The molecule has 1 aromatic carbocycles. The third-order valence-electron chi connectivity index (χ3n) is 8.31. The molecule has 10 nitrogen and oxygen atoms in total. The number of hydrogen-bond acceptors (Lipinski definition) is 8. The quantitative estimate of drug-likeness (QED) is 0.360. The number of para-hydroxylation sites is 2. The number of esters is 1. The van der Waals surface area contributed by atoms with Gasteiger partial charge in [-0.05, 0) is 62.8 Å². The standard InChI is InChI=1S/C29H35N7O3/c1-19-14-21(27(37)38-3)15-24(32-19)22-16-31-34(2)26(22)39-13-12-35-17-20-8-10-29(18-35,11-9-20)36-25-7-5-4-6-23(25)33-28(36)30/h4-7,14-16,20H,8-13,17-18H2,1-3H3,(H2,30,33). The molecular weight excluding hydrogens is 494 g/mol. The van der Waals surface area contributed by atoms with Crippen molar-refractivity contribution >= 4 is 23.0 Å². The summed E-state index contributed by atoms with van der Waals surface area (Å²) in [7, 11) is 3.23. The van der Waals surface area contributed by atoms with Gasteiger partial charge in [-0.25, -0.2) is 14.5 Å². The molecule has 3 aliphatic rings. The summed E-state index contributed by atoms with van der Waals surface area (Å²) in [5.41, 5.74) is 11.1. The highest BCUT2D eigenvalue weighted by Gasteiger charge is 2.43. The minimum atomic E-state index is -0.399. The zero-order valence-electron chi connectivity index (χ0n) is 22.8. The molecule has 4 aromatic rings. The van der Waals surface area contributed by atoms with E-state index >= 15 is 0 Å². The molecule has 1 aliphatic carbocycles. The minimum Gasteiger partial charge on any atom is -0.476 e. The van der Waals surface area contributed by atoms with Crippen molar-refractivity contribution in [3.05, 3.63) is 53.9 Å². The van der Waals surface area contributed by atoms with E-state index in [0.717, 1.165) is 54.8 Å². The van der Waals surface area contributed by atoms with Crippen LogP contribution in [0.2, 0.25) is 0 Å². The number of nitrogens with two attached hydrogens (primary N) is 1. The van der Waals surface area contributed by atoms with Crippen LogP contribution in [-0.4, -0.2) is 68.5 Å². The third-order valence-corrected chi connectivity index (χ3v) is 8.31. The van der Waals surface area contributed by atoms with E-state index in [9.17, 15) is 4.79 Å². The number of nitrogens with zero attached hydrogens (tertiary/aromatic N) is 6. The predicted molar refractivity (Wildman–Crippen MR) is 149 cm³/mol. The maximum absolute atomic E-state index is 12.2. The number of fused-ring (bicyclic) bond motifs is 5. The first-order valence-corrected chi connectivity index (χ1v) is 13.5. The lowest BCUT2D eigenvalue weighted by molar-refractivity contribution is 0.0600. The van der Waals surface area contributed by atoms with Crippen molar-refractivity contribution in [2.24, 2.45) is 13.0 Å². The van der Waals surface area contributed by atoms with E-state index in [4.69, 9.17) is 15.2 Å². The van der Waals surface area contributed by atoms with E-state index in [0.29, 0.717) is 35.6 Å². The van der Waals surface area contributed by atoms with Crippen LogP contribution in [0.4, 0.5) is 5.95 Å². The Bertz CT molecular complexity index is 1520. The Morgan fingerprint density at radius 1 is 1.18 bits per heavy atom. The summed E-state index contributed by atoms with van der Waals surface area (Å²) in [5.74, 6) is 1.51. The summed E-state index contributed by atoms with van der Waals surface area (Å²) in [6, 6.07) is 11.7. The van der Waals surface area contributed by atoms with E-state index in [1.165, 1.54) is 20.0 Å². The highest BCUT2D eigenvalue weighted by atomic mass is 16.5. The van der Waals surface area contributed by atoms with Gasteiger partial charge in [-0.15, -0.1) is 0 Å². The van der Waals surface area contributed by atoms with Crippen LogP contribution < -0.4 is 10.5 Å². The van der Waals surface area contributed by atoms with Gasteiger partial charge in [-0.3, -0.25) is 9.88 Å². The number of aryl methyl sites for hydroxylation is 2. The molecule has 2 saturated heterocycles. The second kappa shape index (κ2) is 10.00. The van der Waals surface area contributed by atoms with Crippen LogP contribution in [0, 0.1) is 12.8 Å².